The Morgan fingerprint density at radius 1 is 1.41 bits per heavy atom. The van der Waals surface area contributed by atoms with Crippen LogP contribution < -0.4 is 0 Å². The summed E-state index contributed by atoms with van der Waals surface area (Å²) in [7, 11) is 0. The highest BCUT2D eigenvalue weighted by molar-refractivity contribution is 6.33. The zero-order valence-corrected chi connectivity index (χ0v) is 12.4. The molecule has 114 valence electrons. The fraction of sp³-hybridized carbons (Fsp3) is 0.133. The molecule has 0 aliphatic carbocycles. The number of ether oxygens (including phenoxy) is 1. The number of rotatable bonds is 5. The zero-order chi connectivity index (χ0) is 16.1. The number of carbonyl (C=O) groups excluding carboxylic acids is 1. The van der Waals surface area contributed by atoms with E-state index in [1.807, 2.05) is 0 Å². The molecule has 1 heterocycles. The van der Waals surface area contributed by atoms with Crippen molar-refractivity contribution in [1.29, 1.82) is 0 Å². The Balaban J connectivity index is 2.26. The molecule has 0 atom stereocenters. The molecule has 0 saturated heterocycles. The van der Waals surface area contributed by atoms with Crippen LogP contribution in [0.15, 0.2) is 40.8 Å². The van der Waals surface area contributed by atoms with Gasteiger partial charge in [0.1, 0.15) is 11.5 Å². The number of benzene rings is 1. The minimum absolute atomic E-state index is 0.0839. The number of hydrogen-bond acceptors (Lipinski definition) is 5. The van der Waals surface area contributed by atoms with Gasteiger partial charge in [0.25, 0.3) is 5.69 Å². The molecule has 0 N–H and O–H groups in total. The molecule has 2 rings (SSSR count). The van der Waals surface area contributed by atoms with Gasteiger partial charge in [0.15, 0.2) is 0 Å². The molecule has 0 aliphatic rings. The number of nitro groups is 1. The minimum Gasteiger partial charge on any atom is -0.463 e. The van der Waals surface area contributed by atoms with E-state index in [4.69, 9.17) is 20.8 Å². The average Bonchev–Trinajstić information content (AvgIpc) is 2.94. The van der Waals surface area contributed by atoms with Gasteiger partial charge in [0.2, 0.25) is 0 Å². The van der Waals surface area contributed by atoms with Crippen molar-refractivity contribution in [1.82, 2.24) is 0 Å². The Hall–Kier alpha value is -2.60. The Bertz CT molecular complexity index is 735. The van der Waals surface area contributed by atoms with Crippen LogP contribution in [0.5, 0.6) is 0 Å². The molecule has 0 saturated carbocycles. The Morgan fingerprint density at radius 2 is 2.18 bits per heavy atom. The lowest BCUT2D eigenvalue weighted by molar-refractivity contribution is -0.384. The van der Waals surface area contributed by atoms with E-state index in [1.54, 1.807) is 19.1 Å². The molecule has 0 fully saturated rings. The van der Waals surface area contributed by atoms with Crippen molar-refractivity contribution in [3.63, 3.8) is 0 Å². The second kappa shape index (κ2) is 6.91. The first-order valence-electron chi connectivity index (χ1n) is 6.40. The lowest BCUT2D eigenvalue weighted by Crippen LogP contribution is -1.98. The fourth-order valence-electron chi connectivity index (χ4n) is 1.74. The number of nitrogens with zero attached hydrogens (tertiary/aromatic N) is 1. The van der Waals surface area contributed by atoms with Crippen molar-refractivity contribution in [3.05, 3.63) is 57.3 Å². The van der Waals surface area contributed by atoms with E-state index in [9.17, 15) is 14.9 Å². The van der Waals surface area contributed by atoms with Crippen molar-refractivity contribution in [2.75, 3.05) is 6.61 Å². The third-order valence-corrected chi connectivity index (χ3v) is 3.05. The normalized spacial score (nSPS) is 10.8. The van der Waals surface area contributed by atoms with Gasteiger partial charge in [0, 0.05) is 23.8 Å². The monoisotopic (exact) mass is 321 g/mol. The van der Waals surface area contributed by atoms with Crippen molar-refractivity contribution in [2.45, 2.75) is 6.92 Å². The molecule has 2 aromatic rings. The highest BCUT2D eigenvalue weighted by atomic mass is 35.5. The topological polar surface area (TPSA) is 82.6 Å². The average molecular weight is 322 g/mol. The van der Waals surface area contributed by atoms with Gasteiger partial charge in [-0.2, -0.15) is 0 Å². The molecular formula is C15H12ClNO5. The second-order valence-electron chi connectivity index (χ2n) is 4.21. The predicted octanol–water partition coefficient (Wildman–Crippen LogP) is 4.08. The van der Waals surface area contributed by atoms with E-state index < -0.39 is 10.9 Å². The maximum atomic E-state index is 11.2. The summed E-state index contributed by atoms with van der Waals surface area (Å²) in [6.07, 6.45) is 2.69. The number of furan rings is 1. The van der Waals surface area contributed by atoms with E-state index >= 15 is 0 Å². The van der Waals surface area contributed by atoms with Gasteiger partial charge >= 0.3 is 5.97 Å². The highest BCUT2D eigenvalue weighted by Gasteiger charge is 2.14. The van der Waals surface area contributed by atoms with Gasteiger partial charge in [0.05, 0.1) is 16.6 Å². The maximum absolute atomic E-state index is 11.2. The van der Waals surface area contributed by atoms with Crippen molar-refractivity contribution in [3.8, 4) is 11.3 Å². The largest absolute Gasteiger partial charge is 0.463 e. The molecule has 0 bridgehead atoms. The molecule has 1 aromatic heterocycles. The number of nitro benzene ring substituents is 1. The molecule has 22 heavy (non-hydrogen) atoms. The van der Waals surface area contributed by atoms with Crippen LogP contribution in [0, 0.1) is 10.1 Å². The second-order valence-corrected chi connectivity index (χ2v) is 4.62. The Labute approximate surface area is 131 Å². The number of esters is 1. The molecule has 1 aromatic carbocycles. The van der Waals surface area contributed by atoms with Gasteiger partial charge in [-0.3, -0.25) is 10.1 Å². The van der Waals surface area contributed by atoms with E-state index in [0.717, 1.165) is 0 Å². The predicted molar refractivity (Wildman–Crippen MR) is 81.5 cm³/mol. The van der Waals surface area contributed by atoms with Crippen LogP contribution in [0.3, 0.4) is 0 Å². The standard InChI is InChI=1S/C15H12ClNO5/c1-2-21-15(18)8-5-11-4-7-14(22-11)12-9-10(17(19)20)3-6-13(12)16/h3-9H,2H2,1H3/b8-5+. The maximum Gasteiger partial charge on any atom is 0.330 e. The van der Waals surface area contributed by atoms with Crippen LogP contribution in [0.2, 0.25) is 5.02 Å². The molecule has 0 aliphatic heterocycles. The first-order valence-corrected chi connectivity index (χ1v) is 6.78. The van der Waals surface area contributed by atoms with Crippen molar-refractivity contribution in [2.24, 2.45) is 0 Å². The third-order valence-electron chi connectivity index (χ3n) is 2.72. The number of non-ortho nitro benzene ring substituents is 1. The summed E-state index contributed by atoms with van der Waals surface area (Å²) in [5.41, 5.74) is 0.325. The van der Waals surface area contributed by atoms with E-state index in [-0.39, 0.29) is 12.3 Å². The summed E-state index contributed by atoms with van der Waals surface area (Å²) in [5, 5.41) is 11.1. The third kappa shape index (κ3) is 3.73. The van der Waals surface area contributed by atoms with Gasteiger partial charge in [-0.25, -0.2) is 4.79 Å². The smallest absolute Gasteiger partial charge is 0.330 e. The number of hydrogen-bond donors (Lipinski definition) is 0. The molecule has 0 amide bonds. The van der Waals surface area contributed by atoms with Gasteiger partial charge in [-0.1, -0.05) is 11.6 Å². The van der Waals surface area contributed by atoms with Crippen molar-refractivity contribution < 1.29 is 18.9 Å². The Kier molecular flexibility index (Phi) is 4.95. The lowest BCUT2D eigenvalue weighted by atomic mass is 10.1. The van der Waals surface area contributed by atoms with Gasteiger partial charge in [-0.15, -0.1) is 0 Å². The minimum atomic E-state index is -0.510. The SMILES string of the molecule is CCOC(=O)/C=C/c1ccc(-c2cc([N+](=O)[O-])ccc2Cl)o1. The van der Waals surface area contributed by atoms with Crippen LogP contribution in [-0.2, 0) is 9.53 Å². The van der Waals surface area contributed by atoms with Crippen LogP contribution >= 0.6 is 11.6 Å². The molecule has 0 spiro atoms. The zero-order valence-electron chi connectivity index (χ0n) is 11.6. The van der Waals surface area contributed by atoms with Crippen LogP contribution in [0.1, 0.15) is 12.7 Å². The Morgan fingerprint density at radius 3 is 2.86 bits per heavy atom. The summed E-state index contributed by atoms with van der Waals surface area (Å²) in [6, 6.07) is 7.33. The highest BCUT2D eigenvalue weighted by Crippen LogP contribution is 2.32. The van der Waals surface area contributed by atoms with Crippen LogP contribution in [-0.4, -0.2) is 17.5 Å². The first-order chi connectivity index (χ1) is 10.5. The van der Waals surface area contributed by atoms with Crippen molar-refractivity contribution >= 4 is 29.3 Å². The summed E-state index contributed by atoms with van der Waals surface area (Å²) in [6.45, 7) is 2.00. The molecule has 7 heteroatoms. The summed E-state index contributed by atoms with van der Waals surface area (Å²) in [5.74, 6) is 0.302. The number of halogens is 1. The van der Waals surface area contributed by atoms with E-state index in [1.165, 1.54) is 30.4 Å². The molecule has 6 nitrogen and oxygen atoms in total. The van der Waals surface area contributed by atoms with E-state index in [0.29, 0.717) is 22.1 Å². The summed E-state index contributed by atoms with van der Waals surface area (Å²) < 4.78 is 10.3. The van der Waals surface area contributed by atoms with Crippen LogP contribution in [0.4, 0.5) is 5.69 Å². The first kappa shape index (κ1) is 15.8. The van der Waals surface area contributed by atoms with Gasteiger partial charge in [-0.05, 0) is 31.2 Å². The van der Waals surface area contributed by atoms with E-state index in [2.05, 4.69) is 0 Å². The summed E-state index contributed by atoms with van der Waals surface area (Å²) >= 11 is 6.04. The summed E-state index contributed by atoms with van der Waals surface area (Å²) in [4.78, 5) is 21.5. The van der Waals surface area contributed by atoms with Gasteiger partial charge < -0.3 is 9.15 Å². The molecule has 0 radical (unpaired) electrons. The number of carbonyl (C=O) groups is 1. The lowest BCUT2D eigenvalue weighted by Gasteiger charge is -2.00. The van der Waals surface area contributed by atoms with Crippen LogP contribution in [0.25, 0.3) is 17.4 Å². The quantitative estimate of drug-likeness (QED) is 0.358. The fourth-order valence-corrected chi connectivity index (χ4v) is 1.95. The molecule has 0 unspecified atom stereocenters. The molecular weight excluding hydrogens is 310 g/mol.